The molecular weight excluding hydrogens is 260 g/mol. The van der Waals surface area contributed by atoms with Crippen molar-refractivity contribution in [2.45, 2.75) is 24.4 Å². The van der Waals surface area contributed by atoms with Gasteiger partial charge in [0.2, 0.25) is 0 Å². The molecular formula is C17H30N4. The smallest absolute Gasteiger partial charge is 0.0292 e. The molecule has 0 aromatic carbocycles. The van der Waals surface area contributed by atoms with Crippen LogP contribution in [-0.4, -0.2) is 97.6 Å². The van der Waals surface area contributed by atoms with E-state index in [2.05, 4.69) is 33.7 Å². The maximum atomic E-state index is 2.92. The van der Waals surface area contributed by atoms with Gasteiger partial charge in [-0.05, 0) is 44.7 Å². The second-order valence-corrected chi connectivity index (χ2v) is 8.44. The lowest BCUT2D eigenvalue weighted by atomic mass is 10.0. The Labute approximate surface area is 129 Å². The molecule has 118 valence electrons. The molecule has 6 fully saturated rings. The molecule has 4 aliphatic carbocycles. The second kappa shape index (κ2) is 4.44. The molecule has 4 heteroatoms. The molecule has 6 rings (SSSR count). The highest BCUT2D eigenvalue weighted by molar-refractivity contribution is 5.34. The van der Waals surface area contributed by atoms with Crippen LogP contribution in [0.25, 0.3) is 0 Å². The predicted molar refractivity (Wildman–Crippen MR) is 84.4 cm³/mol. The fourth-order valence-corrected chi connectivity index (χ4v) is 6.53. The van der Waals surface area contributed by atoms with Crippen LogP contribution in [-0.2, 0) is 0 Å². The standard InChI is InChI=1S/C17H30N4/c1-18-3-7-20(8-4-18)16-13-11-14-15(16)17(14,12-13)21-9-5-19(2)6-10-21/h13-16H,3-12H2,1-2H3/t13-,14-,15?,16?,17?/m0/s1. The maximum Gasteiger partial charge on any atom is 0.0292 e. The lowest BCUT2D eigenvalue weighted by Crippen LogP contribution is -2.52. The molecule has 4 nitrogen and oxygen atoms in total. The van der Waals surface area contributed by atoms with E-state index in [-0.39, 0.29) is 0 Å². The van der Waals surface area contributed by atoms with Crippen molar-refractivity contribution >= 4 is 0 Å². The molecule has 0 radical (unpaired) electrons. The second-order valence-electron chi connectivity index (χ2n) is 8.44. The summed E-state index contributed by atoms with van der Waals surface area (Å²) in [5, 5.41) is 0. The zero-order valence-electron chi connectivity index (χ0n) is 13.7. The summed E-state index contributed by atoms with van der Waals surface area (Å²) in [5.41, 5.74) is 0.667. The van der Waals surface area contributed by atoms with Gasteiger partial charge in [0.05, 0.1) is 0 Å². The summed E-state index contributed by atoms with van der Waals surface area (Å²) < 4.78 is 0. The summed E-state index contributed by atoms with van der Waals surface area (Å²) in [6, 6.07) is 0.948. The monoisotopic (exact) mass is 290 g/mol. The minimum Gasteiger partial charge on any atom is -0.304 e. The molecule has 0 aromatic heterocycles. The normalized spacial score (nSPS) is 51.7. The van der Waals surface area contributed by atoms with Gasteiger partial charge in [-0.15, -0.1) is 0 Å². The van der Waals surface area contributed by atoms with Crippen LogP contribution in [0.15, 0.2) is 0 Å². The zero-order chi connectivity index (χ0) is 14.2. The molecule has 3 unspecified atom stereocenters. The van der Waals surface area contributed by atoms with Crippen LogP contribution in [0, 0.1) is 17.8 Å². The molecule has 4 saturated carbocycles. The molecule has 21 heavy (non-hydrogen) atoms. The molecule has 0 spiro atoms. The number of likely N-dealkylation sites (N-methyl/N-ethyl adjacent to an activating group) is 2. The van der Waals surface area contributed by atoms with Gasteiger partial charge in [0.25, 0.3) is 0 Å². The lowest BCUT2D eigenvalue weighted by Gasteiger charge is -2.39. The van der Waals surface area contributed by atoms with Crippen LogP contribution in [0.5, 0.6) is 0 Å². The average molecular weight is 290 g/mol. The molecule has 0 N–H and O–H groups in total. The zero-order valence-corrected chi connectivity index (χ0v) is 13.7. The highest BCUT2D eigenvalue weighted by Gasteiger charge is 2.81. The quantitative estimate of drug-likeness (QED) is 0.723. The highest BCUT2D eigenvalue weighted by Crippen LogP contribution is 2.76. The fraction of sp³-hybridized carbons (Fsp3) is 1.00. The highest BCUT2D eigenvalue weighted by atomic mass is 15.4. The summed E-state index contributed by atoms with van der Waals surface area (Å²) in [4.78, 5) is 10.8. The third-order valence-electron chi connectivity index (χ3n) is 7.59. The van der Waals surface area contributed by atoms with Crippen LogP contribution in [0.2, 0.25) is 0 Å². The molecule has 5 atom stereocenters. The van der Waals surface area contributed by atoms with E-state index in [0.29, 0.717) is 5.54 Å². The van der Waals surface area contributed by atoms with Crippen molar-refractivity contribution < 1.29 is 0 Å². The largest absolute Gasteiger partial charge is 0.304 e. The van der Waals surface area contributed by atoms with Crippen molar-refractivity contribution in [1.29, 1.82) is 0 Å². The Kier molecular flexibility index (Phi) is 2.81. The Morgan fingerprint density at radius 3 is 2.05 bits per heavy atom. The minimum atomic E-state index is 0.667. The van der Waals surface area contributed by atoms with E-state index in [0.717, 1.165) is 23.8 Å². The van der Waals surface area contributed by atoms with Crippen molar-refractivity contribution in [3.63, 3.8) is 0 Å². The Morgan fingerprint density at radius 1 is 0.810 bits per heavy atom. The molecule has 6 aliphatic rings. The maximum absolute atomic E-state index is 2.92. The first-order valence-corrected chi connectivity index (χ1v) is 9.06. The SMILES string of the molecule is CN1CCN(C2C3[C@@H]4C[C@H]2CC34N2CCN(C)CC2)CC1. The van der Waals surface area contributed by atoms with Crippen LogP contribution in [0.4, 0.5) is 0 Å². The van der Waals surface area contributed by atoms with Gasteiger partial charge < -0.3 is 9.80 Å². The van der Waals surface area contributed by atoms with Crippen molar-refractivity contribution in [1.82, 2.24) is 19.6 Å². The summed E-state index contributed by atoms with van der Waals surface area (Å²) in [6.07, 6.45) is 3.08. The molecule has 4 bridgehead atoms. The van der Waals surface area contributed by atoms with Gasteiger partial charge in [-0.25, -0.2) is 0 Å². The first-order chi connectivity index (χ1) is 10.2. The van der Waals surface area contributed by atoms with Gasteiger partial charge in [0.1, 0.15) is 0 Å². The van der Waals surface area contributed by atoms with E-state index in [1.165, 1.54) is 58.8 Å². The molecule has 0 amide bonds. The van der Waals surface area contributed by atoms with Gasteiger partial charge in [0, 0.05) is 63.9 Å². The van der Waals surface area contributed by atoms with Crippen LogP contribution in [0.1, 0.15) is 12.8 Å². The van der Waals surface area contributed by atoms with Crippen molar-refractivity contribution in [3.8, 4) is 0 Å². The van der Waals surface area contributed by atoms with E-state index >= 15 is 0 Å². The first kappa shape index (κ1) is 13.3. The predicted octanol–water partition coefficient (Wildman–Crippen LogP) is 0.258. The van der Waals surface area contributed by atoms with Crippen LogP contribution < -0.4 is 0 Å². The first-order valence-electron chi connectivity index (χ1n) is 9.06. The molecule has 2 saturated heterocycles. The van der Waals surface area contributed by atoms with Crippen molar-refractivity contribution in [2.75, 3.05) is 66.5 Å². The lowest BCUT2D eigenvalue weighted by molar-refractivity contribution is 0.0789. The van der Waals surface area contributed by atoms with Crippen LogP contribution in [0.3, 0.4) is 0 Å². The summed E-state index contributed by atoms with van der Waals surface area (Å²) in [5.74, 6) is 3.13. The van der Waals surface area contributed by atoms with Gasteiger partial charge >= 0.3 is 0 Å². The summed E-state index contributed by atoms with van der Waals surface area (Å²) >= 11 is 0. The van der Waals surface area contributed by atoms with E-state index in [4.69, 9.17) is 0 Å². The van der Waals surface area contributed by atoms with E-state index < -0.39 is 0 Å². The Balaban J connectivity index is 1.31. The molecule has 2 aliphatic heterocycles. The van der Waals surface area contributed by atoms with E-state index in [1.807, 2.05) is 0 Å². The molecule has 2 heterocycles. The third-order valence-corrected chi connectivity index (χ3v) is 7.59. The Bertz CT molecular complexity index is 425. The minimum absolute atomic E-state index is 0.667. The topological polar surface area (TPSA) is 13.0 Å². The van der Waals surface area contributed by atoms with Crippen molar-refractivity contribution in [3.05, 3.63) is 0 Å². The average Bonchev–Trinajstić information content (AvgIpc) is 2.88. The Morgan fingerprint density at radius 2 is 1.43 bits per heavy atom. The number of rotatable bonds is 2. The van der Waals surface area contributed by atoms with Gasteiger partial charge in [-0.3, -0.25) is 9.80 Å². The number of hydrogen-bond acceptors (Lipinski definition) is 4. The van der Waals surface area contributed by atoms with Gasteiger partial charge in [-0.1, -0.05) is 0 Å². The number of nitrogens with zero attached hydrogens (tertiary/aromatic N) is 4. The third kappa shape index (κ3) is 1.71. The van der Waals surface area contributed by atoms with Crippen LogP contribution >= 0.6 is 0 Å². The van der Waals surface area contributed by atoms with E-state index in [1.54, 1.807) is 6.42 Å². The van der Waals surface area contributed by atoms with Gasteiger partial charge in [-0.2, -0.15) is 0 Å². The van der Waals surface area contributed by atoms with E-state index in [9.17, 15) is 0 Å². The van der Waals surface area contributed by atoms with Crippen molar-refractivity contribution in [2.24, 2.45) is 17.8 Å². The summed E-state index contributed by atoms with van der Waals surface area (Å²) in [7, 11) is 4.55. The number of piperazine rings is 2. The van der Waals surface area contributed by atoms with Gasteiger partial charge in [0.15, 0.2) is 0 Å². The Hall–Kier alpha value is -0.160. The number of hydrogen-bond donors (Lipinski definition) is 0. The summed E-state index contributed by atoms with van der Waals surface area (Å²) in [6.45, 7) is 10.4. The fourth-order valence-electron chi connectivity index (χ4n) is 6.53. The molecule has 0 aromatic rings.